The Hall–Kier alpha value is -3.52. The topological polar surface area (TPSA) is 81.5 Å². The fourth-order valence-electron chi connectivity index (χ4n) is 4.17. The van der Waals surface area contributed by atoms with Crippen LogP contribution < -0.4 is 19.6 Å². The Balaban J connectivity index is 1.96. The van der Waals surface area contributed by atoms with E-state index in [1.165, 1.54) is 0 Å². The minimum atomic E-state index is -0.662. The van der Waals surface area contributed by atoms with E-state index < -0.39 is 6.04 Å². The zero-order valence-corrected chi connectivity index (χ0v) is 19.5. The van der Waals surface area contributed by atoms with E-state index in [1.807, 2.05) is 25.9 Å². The molecule has 0 saturated carbocycles. The van der Waals surface area contributed by atoms with Crippen LogP contribution in [0.5, 0.6) is 17.2 Å². The first-order valence-electron chi connectivity index (χ1n) is 10.8. The molecule has 8 heteroatoms. The van der Waals surface area contributed by atoms with Crippen LogP contribution >= 0.6 is 0 Å². The Morgan fingerprint density at radius 2 is 1.79 bits per heavy atom. The average Bonchev–Trinajstić information content (AvgIpc) is 3.09. The number of carbonyl (C=O) groups is 1. The molecule has 0 bridgehead atoms. The molecule has 1 unspecified atom stereocenters. The van der Waals surface area contributed by atoms with Crippen molar-refractivity contribution in [1.29, 1.82) is 0 Å². The van der Waals surface area contributed by atoms with E-state index in [2.05, 4.69) is 0 Å². The Kier molecular flexibility index (Phi) is 6.29. The molecule has 33 heavy (non-hydrogen) atoms. The zero-order valence-electron chi connectivity index (χ0n) is 19.5. The molecule has 2 aromatic carbocycles. The quantitative estimate of drug-likeness (QED) is 0.519. The maximum Gasteiger partial charge on any atom is 0.290 e. The SMILES string of the molecule is CCOc1ccc2c(=O)c3c(oc2c1)C(=O)N(CCN(C)C)C3c1cc(OC)ccc1OC. The van der Waals surface area contributed by atoms with Crippen LogP contribution in [0.25, 0.3) is 11.0 Å². The lowest BCUT2D eigenvalue weighted by Gasteiger charge is -2.27. The summed E-state index contributed by atoms with van der Waals surface area (Å²) in [5.41, 5.74) is 1.05. The number of hydrogen-bond donors (Lipinski definition) is 0. The summed E-state index contributed by atoms with van der Waals surface area (Å²) in [4.78, 5) is 30.9. The van der Waals surface area contributed by atoms with E-state index in [9.17, 15) is 9.59 Å². The molecule has 1 atom stereocenters. The molecular formula is C25H28N2O6. The highest BCUT2D eigenvalue weighted by Crippen LogP contribution is 2.42. The Bertz CT molecular complexity index is 1250. The normalized spacial score (nSPS) is 15.3. The number of methoxy groups -OCH3 is 2. The lowest BCUT2D eigenvalue weighted by molar-refractivity contribution is 0.0715. The molecule has 1 amide bonds. The molecule has 8 nitrogen and oxygen atoms in total. The minimum Gasteiger partial charge on any atom is -0.497 e. The van der Waals surface area contributed by atoms with Crippen LogP contribution in [0.4, 0.5) is 0 Å². The molecule has 1 aliphatic heterocycles. The first-order chi connectivity index (χ1) is 15.9. The summed E-state index contributed by atoms with van der Waals surface area (Å²) in [5.74, 6) is 1.46. The molecule has 2 heterocycles. The number of carbonyl (C=O) groups excluding carboxylic acids is 1. The molecule has 0 N–H and O–H groups in total. The van der Waals surface area contributed by atoms with Gasteiger partial charge in [-0.15, -0.1) is 0 Å². The van der Waals surface area contributed by atoms with Crippen LogP contribution in [0.15, 0.2) is 45.6 Å². The standard InChI is InChI=1S/C25H28N2O6/c1-6-32-16-7-9-17-20(14-16)33-24-21(23(17)28)22(27(25(24)29)12-11-26(2)3)18-13-15(30-4)8-10-19(18)31-5/h7-10,13-14,22H,6,11-12H2,1-5H3. The first kappa shape index (κ1) is 22.7. The van der Waals surface area contributed by atoms with Crippen LogP contribution in [0, 0.1) is 0 Å². The monoisotopic (exact) mass is 452 g/mol. The molecule has 3 aromatic rings. The van der Waals surface area contributed by atoms with Crippen molar-refractivity contribution in [1.82, 2.24) is 9.80 Å². The number of ether oxygens (including phenoxy) is 3. The van der Waals surface area contributed by atoms with E-state index >= 15 is 0 Å². The summed E-state index contributed by atoms with van der Waals surface area (Å²) in [7, 11) is 7.00. The average molecular weight is 453 g/mol. The summed E-state index contributed by atoms with van der Waals surface area (Å²) >= 11 is 0. The summed E-state index contributed by atoms with van der Waals surface area (Å²) in [6, 6.07) is 9.76. The van der Waals surface area contributed by atoms with Crippen molar-refractivity contribution in [3.63, 3.8) is 0 Å². The van der Waals surface area contributed by atoms with Crippen LogP contribution in [-0.2, 0) is 0 Å². The van der Waals surface area contributed by atoms with Gasteiger partial charge in [-0.1, -0.05) is 0 Å². The fourth-order valence-corrected chi connectivity index (χ4v) is 4.17. The van der Waals surface area contributed by atoms with Gasteiger partial charge in [0.2, 0.25) is 5.76 Å². The third-order valence-electron chi connectivity index (χ3n) is 5.77. The zero-order chi connectivity index (χ0) is 23.7. The van der Waals surface area contributed by atoms with Gasteiger partial charge in [-0.2, -0.15) is 0 Å². The minimum absolute atomic E-state index is 0.0507. The summed E-state index contributed by atoms with van der Waals surface area (Å²) < 4.78 is 22.6. The Morgan fingerprint density at radius 1 is 1.03 bits per heavy atom. The van der Waals surface area contributed by atoms with Crippen molar-refractivity contribution in [2.75, 3.05) is 48.0 Å². The van der Waals surface area contributed by atoms with Crippen molar-refractivity contribution in [3.8, 4) is 17.2 Å². The molecule has 4 rings (SSSR count). The van der Waals surface area contributed by atoms with E-state index in [0.717, 1.165) is 0 Å². The van der Waals surface area contributed by atoms with Gasteiger partial charge in [0.25, 0.3) is 5.91 Å². The molecule has 1 aliphatic rings. The second-order valence-electron chi connectivity index (χ2n) is 8.08. The van der Waals surface area contributed by atoms with Gasteiger partial charge in [-0.3, -0.25) is 9.59 Å². The second kappa shape index (κ2) is 9.15. The molecule has 0 aliphatic carbocycles. The summed E-state index contributed by atoms with van der Waals surface area (Å²) in [6.45, 7) is 3.38. The van der Waals surface area contributed by atoms with Crippen LogP contribution in [0.2, 0.25) is 0 Å². The van der Waals surface area contributed by atoms with Crippen LogP contribution in [-0.4, -0.2) is 63.7 Å². The molecular weight excluding hydrogens is 424 g/mol. The van der Waals surface area contributed by atoms with Gasteiger partial charge in [0.15, 0.2) is 5.43 Å². The van der Waals surface area contributed by atoms with Crippen molar-refractivity contribution in [2.45, 2.75) is 13.0 Å². The van der Waals surface area contributed by atoms with Crippen molar-refractivity contribution in [3.05, 3.63) is 63.5 Å². The van der Waals surface area contributed by atoms with E-state index in [0.29, 0.717) is 59.0 Å². The van der Waals surface area contributed by atoms with Crippen LogP contribution in [0.1, 0.15) is 34.6 Å². The van der Waals surface area contributed by atoms with E-state index in [-0.39, 0.29) is 17.1 Å². The van der Waals surface area contributed by atoms with Crippen molar-refractivity contribution in [2.24, 2.45) is 0 Å². The first-order valence-corrected chi connectivity index (χ1v) is 10.8. The number of fused-ring (bicyclic) bond motifs is 2. The predicted molar refractivity (Wildman–Crippen MR) is 125 cm³/mol. The molecule has 174 valence electrons. The largest absolute Gasteiger partial charge is 0.497 e. The summed E-state index contributed by atoms with van der Waals surface area (Å²) in [5, 5.41) is 0.395. The van der Waals surface area contributed by atoms with Gasteiger partial charge in [-0.25, -0.2) is 0 Å². The predicted octanol–water partition coefficient (Wildman–Crippen LogP) is 3.32. The third kappa shape index (κ3) is 4.02. The maximum atomic E-state index is 13.7. The van der Waals surface area contributed by atoms with Gasteiger partial charge < -0.3 is 28.4 Å². The highest BCUT2D eigenvalue weighted by Gasteiger charge is 2.43. The Labute approximate surface area is 192 Å². The lowest BCUT2D eigenvalue weighted by atomic mass is 9.97. The van der Waals surface area contributed by atoms with Gasteiger partial charge in [0.1, 0.15) is 22.8 Å². The van der Waals surface area contributed by atoms with E-state index in [4.69, 9.17) is 18.6 Å². The summed E-state index contributed by atoms with van der Waals surface area (Å²) in [6.07, 6.45) is 0. The third-order valence-corrected chi connectivity index (χ3v) is 5.77. The Morgan fingerprint density at radius 3 is 2.45 bits per heavy atom. The van der Waals surface area contributed by atoms with Gasteiger partial charge >= 0.3 is 0 Å². The number of rotatable bonds is 8. The van der Waals surface area contributed by atoms with Gasteiger partial charge in [-0.05, 0) is 51.4 Å². The number of benzene rings is 2. The van der Waals surface area contributed by atoms with Gasteiger partial charge in [0.05, 0.1) is 37.8 Å². The highest BCUT2D eigenvalue weighted by molar-refractivity contribution is 5.99. The molecule has 0 radical (unpaired) electrons. The van der Waals surface area contributed by atoms with E-state index in [1.54, 1.807) is 55.5 Å². The fraction of sp³-hybridized carbons (Fsp3) is 0.360. The number of nitrogens with zero attached hydrogens (tertiary/aromatic N) is 2. The van der Waals surface area contributed by atoms with Gasteiger partial charge in [0, 0.05) is 24.7 Å². The number of likely N-dealkylation sites (N-methyl/N-ethyl adjacent to an activating group) is 1. The molecule has 0 spiro atoms. The maximum absolute atomic E-state index is 13.7. The smallest absolute Gasteiger partial charge is 0.290 e. The molecule has 0 saturated heterocycles. The highest BCUT2D eigenvalue weighted by atomic mass is 16.5. The van der Waals surface area contributed by atoms with Crippen LogP contribution in [0.3, 0.4) is 0 Å². The number of amides is 1. The lowest BCUT2D eigenvalue weighted by Crippen LogP contribution is -2.35. The van der Waals surface area contributed by atoms with Crippen molar-refractivity contribution >= 4 is 16.9 Å². The van der Waals surface area contributed by atoms with Crippen molar-refractivity contribution < 1.29 is 23.4 Å². The second-order valence-corrected chi connectivity index (χ2v) is 8.08. The molecule has 0 fully saturated rings. The molecule has 1 aromatic heterocycles. The number of hydrogen-bond acceptors (Lipinski definition) is 7.